The first-order valence-electron chi connectivity index (χ1n) is 13.5. The first-order valence-corrected chi connectivity index (χ1v) is 13.5. The van der Waals surface area contributed by atoms with Crippen LogP contribution in [0.3, 0.4) is 0 Å². The maximum atomic E-state index is 13.6. The van der Waals surface area contributed by atoms with Crippen LogP contribution in [0.4, 0.5) is 5.82 Å². The van der Waals surface area contributed by atoms with Gasteiger partial charge < -0.3 is 10.5 Å². The molecular weight excluding hydrogens is 472 g/mol. The maximum Gasteiger partial charge on any atom is 0.359 e. The predicted molar refractivity (Wildman–Crippen MR) is 150 cm³/mol. The molecule has 1 aliphatic heterocycles. The molecule has 194 valence electrons. The monoisotopic (exact) mass is 507 g/mol. The third kappa shape index (κ3) is 6.26. The van der Waals surface area contributed by atoms with E-state index >= 15 is 0 Å². The summed E-state index contributed by atoms with van der Waals surface area (Å²) in [5.41, 5.74) is 10.4. The van der Waals surface area contributed by atoms with Gasteiger partial charge in [-0.1, -0.05) is 85.6 Å². The highest BCUT2D eigenvalue weighted by atomic mass is 16.5. The standard InChI is InChI=1S/C32H34N4O2/c33-18-9-1-2-10-19-38-27-17-11-14-25(20-27)22-29-32(37)36-23-30(26-15-7-4-8-16-26)34-28(31(36)35-29)21-24-12-5-3-6-13-24/h3-8,11-17,20,23,29H,1-2,9-10,18-19,21-22,33H2/p+1. The van der Waals surface area contributed by atoms with Crippen LogP contribution in [0.15, 0.2) is 91.1 Å². The minimum Gasteiger partial charge on any atom is -0.494 e. The molecule has 0 fully saturated rings. The third-order valence-electron chi connectivity index (χ3n) is 6.86. The molecule has 0 bridgehead atoms. The van der Waals surface area contributed by atoms with E-state index in [9.17, 15) is 4.79 Å². The molecule has 1 aliphatic rings. The largest absolute Gasteiger partial charge is 0.494 e. The van der Waals surface area contributed by atoms with Crippen LogP contribution in [0.25, 0.3) is 11.3 Å². The van der Waals surface area contributed by atoms with Gasteiger partial charge in [-0.25, -0.2) is 9.78 Å². The Morgan fingerprint density at radius 1 is 0.868 bits per heavy atom. The SMILES string of the molecule is NCCCCCCOc1cccc(CC2Nc3c(Cc4ccccc4)nc(-c4ccccc4)c[n+]3C2=O)c1. The Bertz CT molecular complexity index is 1360. The van der Waals surface area contributed by atoms with E-state index in [1.54, 1.807) is 4.57 Å². The lowest BCUT2D eigenvalue weighted by atomic mass is 10.1. The van der Waals surface area contributed by atoms with E-state index < -0.39 is 0 Å². The Morgan fingerprint density at radius 3 is 2.39 bits per heavy atom. The van der Waals surface area contributed by atoms with Gasteiger partial charge in [0.25, 0.3) is 0 Å². The first-order chi connectivity index (χ1) is 18.7. The number of hydrogen-bond acceptors (Lipinski definition) is 5. The second-order valence-electron chi connectivity index (χ2n) is 9.76. The molecule has 0 radical (unpaired) electrons. The lowest BCUT2D eigenvalue weighted by molar-refractivity contribution is -0.552. The number of carbonyl (C=O) groups is 1. The highest BCUT2D eigenvalue weighted by Gasteiger charge is 2.41. The van der Waals surface area contributed by atoms with Gasteiger partial charge in [0.15, 0.2) is 6.04 Å². The van der Waals surface area contributed by atoms with Gasteiger partial charge in [0.05, 0.1) is 6.61 Å². The first kappa shape index (κ1) is 25.6. The smallest absolute Gasteiger partial charge is 0.359 e. The Balaban J connectivity index is 1.34. The van der Waals surface area contributed by atoms with E-state index in [1.165, 1.54) is 0 Å². The van der Waals surface area contributed by atoms with Crippen molar-refractivity contribution < 1.29 is 14.1 Å². The van der Waals surface area contributed by atoms with Crippen molar-refractivity contribution in [3.05, 3.63) is 108 Å². The number of aromatic nitrogens is 2. The second kappa shape index (κ2) is 12.5. The summed E-state index contributed by atoms with van der Waals surface area (Å²) in [5.74, 6) is 1.64. The number of nitrogens with two attached hydrogens (primary N) is 1. The summed E-state index contributed by atoms with van der Waals surface area (Å²) in [7, 11) is 0. The molecule has 6 nitrogen and oxygen atoms in total. The number of nitrogens with zero attached hydrogens (tertiary/aromatic N) is 2. The molecule has 1 atom stereocenters. The van der Waals surface area contributed by atoms with E-state index in [-0.39, 0.29) is 11.9 Å². The Kier molecular flexibility index (Phi) is 8.41. The van der Waals surface area contributed by atoms with Crippen LogP contribution in [0.1, 0.15) is 47.3 Å². The molecule has 6 heteroatoms. The maximum absolute atomic E-state index is 13.6. The number of unbranched alkanes of at least 4 members (excludes halogenated alkanes) is 3. The van der Waals surface area contributed by atoms with Crippen molar-refractivity contribution in [2.24, 2.45) is 5.73 Å². The lowest BCUT2D eigenvalue weighted by Gasteiger charge is -2.09. The van der Waals surface area contributed by atoms with Gasteiger partial charge in [0, 0.05) is 18.4 Å². The van der Waals surface area contributed by atoms with Gasteiger partial charge >= 0.3 is 11.7 Å². The molecule has 2 heterocycles. The normalized spacial score (nSPS) is 14.2. The number of rotatable bonds is 12. The fourth-order valence-electron chi connectivity index (χ4n) is 4.86. The van der Waals surface area contributed by atoms with Crippen molar-refractivity contribution in [3.8, 4) is 17.0 Å². The van der Waals surface area contributed by atoms with E-state index in [0.717, 1.165) is 71.9 Å². The molecule has 4 aromatic rings. The summed E-state index contributed by atoms with van der Waals surface area (Å²) in [6, 6.07) is 27.9. The molecule has 38 heavy (non-hydrogen) atoms. The van der Waals surface area contributed by atoms with Crippen LogP contribution in [0, 0.1) is 0 Å². The number of benzene rings is 3. The fraction of sp³-hybridized carbons (Fsp3) is 0.281. The highest BCUT2D eigenvalue weighted by molar-refractivity contribution is 5.82. The van der Waals surface area contributed by atoms with Crippen LogP contribution < -0.4 is 20.4 Å². The van der Waals surface area contributed by atoms with Crippen molar-refractivity contribution in [2.45, 2.75) is 44.6 Å². The Morgan fingerprint density at radius 2 is 1.61 bits per heavy atom. The molecule has 0 spiro atoms. The summed E-state index contributed by atoms with van der Waals surface area (Å²) < 4.78 is 7.73. The molecule has 3 aromatic carbocycles. The summed E-state index contributed by atoms with van der Waals surface area (Å²) >= 11 is 0. The van der Waals surface area contributed by atoms with Gasteiger partial charge in [-0.15, -0.1) is 0 Å². The summed E-state index contributed by atoms with van der Waals surface area (Å²) in [4.78, 5) is 18.6. The van der Waals surface area contributed by atoms with Crippen molar-refractivity contribution in [2.75, 3.05) is 18.5 Å². The van der Waals surface area contributed by atoms with Crippen LogP contribution in [-0.2, 0) is 12.8 Å². The van der Waals surface area contributed by atoms with E-state index in [4.69, 9.17) is 15.5 Å². The van der Waals surface area contributed by atoms with Gasteiger partial charge in [-0.3, -0.25) is 5.32 Å². The molecule has 0 saturated heterocycles. The topological polar surface area (TPSA) is 81.1 Å². The number of anilines is 1. The van der Waals surface area contributed by atoms with Crippen LogP contribution in [0.5, 0.6) is 5.75 Å². The molecule has 1 unspecified atom stereocenters. The number of ether oxygens (including phenoxy) is 1. The summed E-state index contributed by atoms with van der Waals surface area (Å²) in [6.45, 7) is 1.43. The molecule has 1 aromatic heterocycles. The zero-order valence-corrected chi connectivity index (χ0v) is 21.7. The molecule has 0 amide bonds. The van der Waals surface area contributed by atoms with Gasteiger partial charge in [-0.05, 0) is 42.6 Å². The minimum absolute atomic E-state index is 0.0279. The van der Waals surface area contributed by atoms with E-state index in [0.29, 0.717) is 19.4 Å². The third-order valence-corrected chi connectivity index (χ3v) is 6.86. The van der Waals surface area contributed by atoms with Crippen molar-refractivity contribution >= 4 is 11.7 Å². The summed E-state index contributed by atoms with van der Waals surface area (Å²) in [6.07, 6.45) is 7.40. The number of nitrogens with one attached hydrogen (secondary N) is 1. The minimum atomic E-state index is -0.371. The van der Waals surface area contributed by atoms with E-state index in [1.807, 2.05) is 72.9 Å². The number of hydrogen-bond donors (Lipinski definition) is 2. The fourth-order valence-corrected chi connectivity index (χ4v) is 4.86. The zero-order chi connectivity index (χ0) is 26.2. The number of fused-ring (bicyclic) bond motifs is 1. The van der Waals surface area contributed by atoms with Crippen LogP contribution >= 0.6 is 0 Å². The summed E-state index contributed by atoms with van der Waals surface area (Å²) in [5, 5.41) is 3.49. The Labute approximate surface area is 224 Å². The lowest BCUT2D eigenvalue weighted by Crippen LogP contribution is -2.44. The average molecular weight is 508 g/mol. The van der Waals surface area contributed by atoms with Crippen LogP contribution in [-0.4, -0.2) is 30.1 Å². The number of carbonyl (C=O) groups excluding carboxylic acids is 1. The molecular formula is C32H35N4O2+. The van der Waals surface area contributed by atoms with Crippen molar-refractivity contribution in [1.82, 2.24) is 4.98 Å². The average Bonchev–Trinajstić information content (AvgIpc) is 3.27. The quantitative estimate of drug-likeness (QED) is 0.203. The van der Waals surface area contributed by atoms with Crippen LogP contribution in [0.2, 0.25) is 0 Å². The predicted octanol–water partition coefficient (Wildman–Crippen LogP) is 5.20. The molecule has 3 N–H and O–H groups in total. The highest BCUT2D eigenvalue weighted by Crippen LogP contribution is 2.25. The zero-order valence-electron chi connectivity index (χ0n) is 21.7. The van der Waals surface area contributed by atoms with Crippen molar-refractivity contribution in [1.29, 1.82) is 0 Å². The van der Waals surface area contributed by atoms with Gasteiger partial charge in [0.1, 0.15) is 23.3 Å². The molecule has 0 saturated carbocycles. The van der Waals surface area contributed by atoms with Gasteiger partial charge in [-0.2, -0.15) is 4.57 Å². The van der Waals surface area contributed by atoms with Gasteiger partial charge in [0.2, 0.25) is 0 Å². The second-order valence-corrected chi connectivity index (χ2v) is 9.76. The molecule has 0 aliphatic carbocycles. The Hall–Kier alpha value is -4.03. The van der Waals surface area contributed by atoms with E-state index in [2.05, 4.69) is 23.5 Å². The molecule has 5 rings (SSSR count). The van der Waals surface area contributed by atoms with Crippen molar-refractivity contribution in [3.63, 3.8) is 0 Å².